The predicted molar refractivity (Wildman–Crippen MR) is 138 cm³/mol. The Morgan fingerprint density at radius 3 is 1.47 bits per heavy atom. The van der Waals surface area contributed by atoms with Crippen molar-refractivity contribution in [3.63, 3.8) is 0 Å². The highest BCUT2D eigenvalue weighted by Gasteiger charge is 2.10. The maximum Gasteiger partial charge on any atom is 0.313 e. The van der Waals surface area contributed by atoms with E-state index < -0.39 is 11.9 Å². The molecule has 0 amide bonds. The molecule has 10 heteroatoms. The van der Waals surface area contributed by atoms with Crippen LogP contribution in [0.5, 0.6) is 11.5 Å². The lowest BCUT2D eigenvalue weighted by atomic mass is 10.1. The minimum Gasteiger partial charge on any atom is -0.496 e. The molecule has 0 fully saturated rings. The molecular formula is C24H28N2O6S2. The molecule has 34 heavy (non-hydrogen) atoms. The number of carbonyl (C=O) groups is 2. The number of benzene rings is 2. The van der Waals surface area contributed by atoms with Gasteiger partial charge in [0.1, 0.15) is 11.5 Å². The molecule has 2 aromatic rings. The lowest BCUT2D eigenvalue weighted by Gasteiger charge is -2.11. The Morgan fingerprint density at radius 1 is 0.765 bits per heavy atom. The smallest absolute Gasteiger partial charge is 0.313 e. The third-order valence-electron chi connectivity index (χ3n) is 4.71. The molecule has 0 saturated carbocycles. The van der Waals surface area contributed by atoms with Crippen LogP contribution < -0.4 is 9.47 Å². The first-order chi connectivity index (χ1) is 16.2. The SMILES string of the molecule is COc1ccc(/C(C)=N/N=C(\C)c2ccc(OC)c(CSCC(=O)O)c2)cc1CSCC(=O)O. The van der Waals surface area contributed by atoms with Crippen molar-refractivity contribution >= 4 is 46.9 Å². The molecule has 182 valence electrons. The standard InChI is InChI=1S/C24H28N2O6S2/c1-15(17-5-7-21(31-3)19(9-17)11-33-13-23(27)28)25-26-16(2)18-6-8-22(32-4)20(10-18)12-34-14-24(29)30/h5-10H,11-14H2,1-4H3,(H,27,28)(H,29,30)/b25-15+,26-16+. The molecular weight excluding hydrogens is 476 g/mol. The van der Waals surface area contributed by atoms with Gasteiger partial charge in [-0.1, -0.05) is 0 Å². The largest absolute Gasteiger partial charge is 0.496 e. The molecule has 8 nitrogen and oxygen atoms in total. The molecule has 0 bridgehead atoms. The summed E-state index contributed by atoms with van der Waals surface area (Å²) in [4.78, 5) is 21.6. The van der Waals surface area contributed by atoms with E-state index in [2.05, 4.69) is 10.2 Å². The molecule has 0 radical (unpaired) electrons. The highest BCUT2D eigenvalue weighted by Crippen LogP contribution is 2.26. The van der Waals surface area contributed by atoms with E-state index in [1.54, 1.807) is 14.2 Å². The van der Waals surface area contributed by atoms with Crippen molar-refractivity contribution in [1.29, 1.82) is 0 Å². The van der Waals surface area contributed by atoms with Gasteiger partial charge in [-0.15, -0.1) is 23.5 Å². The van der Waals surface area contributed by atoms with Crippen molar-refractivity contribution in [2.75, 3.05) is 25.7 Å². The quantitative estimate of drug-likeness (QED) is 0.301. The molecule has 2 aromatic carbocycles. The fourth-order valence-electron chi connectivity index (χ4n) is 2.99. The van der Waals surface area contributed by atoms with Gasteiger partial charge in [-0.2, -0.15) is 10.2 Å². The van der Waals surface area contributed by atoms with Crippen molar-refractivity contribution in [2.45, 2.75) is 25.4 Å². The normalized spacial score (nSPS) is 11.9. The van der Waals surface area contributed by atoms with Gasteiger partial charge in [0.15, 0.2) is 0 Å². The zero-order chi connectivity index (χ0) is 25.1. The monoisotopic (exact) mass is 504 g/mol. The molecule has 2 rings (SSSR count). The first-order valence-corrected chi connectivity index (χ1v) is 12.6. The van der Waals surface area contributed by atoms with Crippen LogP contribution in [-0.4, -0.2) is 59.3 Å². The van der Waals surface area contributed by atoms with Crippen LogP contribution in [0.1, 0.15) is 36.1 Å². The lowest BCUT2D eigenvalue weighted by Crippen LogP contribution is -2.02. The van der Waals surface area contributed by atoms with E-state index in [1.807, 2.05) is 50.2 Å². The Balaban J connectivity index is 2.22. The number of thioether (sulfide) groups is 2. The molecule has 0 aromatic heterocycles. The van der Waals surface area contributed by atoms with E-state index in [1.165, 1.54) is 23.5 Å². The van der Waals surface area contributed by atoms with Crippen LogP contribution in [0.25, 0.3) is 0 Å². The predicted octanol–water partition coefficient (Wildman–Crippen LogP) is 4.57. The minimum absolute atomic E-state index is 0.0165. The number of aliphatic carboxylic acids is 2. The number of carboxylic acid groups (broad SMARTS) is 2. The summed E-state index contributed by atoms with van der Waals surface area (Å²) in [6.07, 6.45) is 0. The molecule has 2 N–H and O–H groups in total. The zero-order valence-electron chi connectivity index (χ0n) is 19.5. The molecule has 0 heterocycles. The highest BCUT2D eigenvalue weighted by molar-refractivity contribution is 7.99. The topological polar surface area (TPSA) is 118 Å². The molecule has 0 aliphatic carbocycles. The van der Waals surface area contributed by atoms with Crippen LogP contribution in [0, 0.1) is 0 Å². The zero-order valence-corrected chi connectivity index (χ0v) is 21.2. The number of ether oxygens (including phenoxy) is 2. The second kappa shape index (κ2) is 13.7. The van der Waals surface area contributed by atoms with Gasteiger partial charge in [-0.05, 0) is 61.4 Å². The van der Waals surface area contributed by atoms with E-state index in [9.17, 15) is 9.59 Å². The lowest BCUT2D eigenvalue weighted by molar-refractivity contribution is -0.134. The molecule has 0 unspecified atom stereocenters. The van der Waals surface area contributed by atoms with Crippen molar-refractivity contribution in [2.24, 2.45) is 10.2 Å². The van der Waals surface area contributed by atoms with E-state index in [-0.39, 0.29) is 11.5 Å². The maximum atomic E-state index is 10.8. The van der Waals surface area contributed by atoms with Crippen LogP contribution in [0.3, 0.4) is 0 Å². The summed E-state index contributed by atoms with van der Waals surface area (Å²) < 4.78 is 10.8. The summed E-state index contributed by atoms with van der Waals surface area (Å²) in [5.41, 5.74) is 4.92. The fraction of sp³-hybridized carbons (Fsp3) is 0.333. The number of hydrogen-bond donors (Lipinski definition) is 2. The van der Waals surface area contributed by atoms with E-state index in [0.717, 1.165) is 22.3 Å². The summed E-state index contributed by atoms with van der Waals surface area (Å²) in [6.45, 7) is 3.71. The van der Waals surface area contributed by atoms with Crippen LogP contribution >= 0.6 is 23.5 Å². The van der Waals surface area contributed by atoms with Gasteiger partial charge in [0.25, 0.3) is 0 Å². The molecule has 0 aliphatic heterocycles. The Morgan fingerprint density at radius 2 is 1.15 bits per heavy atom. The Hall–Kier alpha value is -2.98. The van der Waals surface area contributed by atoms with Crippen molar-refractivity contribution in [3.8, 4) is 11.5 Å². The Labute approximate surface area is 207 Å². The summed E-state index contributed by atoms with van der Waals surface area (Å²) in [6, 6.07) is 11.3. The first kappa shape index (κ1) is 27.3. The van der Waals surface area contributed by atoms with Gasteiger partial charge in [-0.3, -0.25) is 9.59 Å². The molecule has 0 atom stereocenters. The first-order valence-electron chi connectivity index (χ1n) is 10.3. The third-order valence-corrected chi connectivity index (χ3v) is 6.64. The number of carboxylic acids is 2. The average Bonchev–Trinajstić information content (AvgIpc) is 2.81. The summed E-state index contributed by atoms with van der Waals surface area (Å²) in [5.74, 6) is 0.724. The van der Waals surface area contributed by atoms with Crippen molar-refractivity contribution < 1.29 is 29.3 Å². The van der Waals surface area contributed by atoms with E-state index >= 15 is 0 Å². The highest BCUT2D eigenvalue weighted by atomic mass is 32.2. The number of hydrogen-bond acceptors (Lipinski definition) is 8. The van der Waals surface area contributed by atoms with Crippen molar-refractivity contribution in [1.82, 2.24) is 0 Å². The minimum atomic E-state index is -0.857. The fourth-order valence-corrected chi connectivity index (χ4v) is 4.44. The summed E-state index contributed by atoms with van der Waals surface area (Å²) in [5, 5.41) is 26.5. The van der Waals surface area contributed by atoms with Crippen LogP contribution in [0.2, 0.25) is 0 Å². The van der Waals surface area contributed by atoms with E-state index in [0.29, 0.717) is 34.4 Å². The Bertz CT molecular complexity index is 1000. The Kier molecular flexibility index (Phi) is 11.0. The number of nitrogens with zero attached hydrogens (tertiary/aromatic N) is 2. The average molecular weight is 505 g/mol. The summed E-state index contributed by atoms with van der Waals surface area (Å²) in [7, 11) is 3.16. The van der Waals surface area contributed by atoms with Gasteiger partial charge in [0, 0.05) is 22.6 Å². The second-order valence-electron chi connectivity index (χ2n) is 7.20. The third kappa shape index (κ3) is 8.42. The summed E-state index contributed by atoms with van der Waals surface area (Å²) >= 11 is 2.60. The van der Waals surface area contributed by atoms with Crippen LogP contribution in [-0.2, 0) is 21.1 Å². The van der Waals surface area contributed by atoms with Gasteiger partial charge in [-0.25, -0.2) is 0 Å². The maximum absolute atomic E-state index is 10.8. The second-order valence-corrected chi connectivity index (χ2v) is 9.17. The van der Waals surface area contributed by atoms with Gasteiger partial charge < -0.3 is 19.7 Å². The molecule has 0 saturated heterocycles. The van der Waals surface area contributed by atoms with Gasteiger partial charge >= 0.3 is 11.9 Å². The van der Waals surface area contributed by atoms with Gasteiger partial charge in [0.05, 0.1) is 37.1 Å². The van der Waals surface area contributed by atoms with E-state index in [4.69, 9.17) is 19.7 Å². The van der Waals surface area contributed by atoms with Crippen LogP contribution in [0.15, 0.2) is 46.6 Å². The molecule has 0 aliphatic rings. The van der Waals surface area contributed by atoms with Gasteiger partial charge in [0.2, 0.25) is 0 Å². The molecule has 0 spiro atoms. The van der Waals surface area contributed by atoms with Crippen LogP contribution in [0.4, 0.5) is 0 Å². The van der Waals surface area contributed by atoms with Crippen molar-refractivity contribution in [3.05, 3.63) is 58.7 Å². The number of methoxy groups -OCH3 is 2. The number of rotatable bonds is 13.